The van der Waals surface area contributed by atoms with Crippen LogP contribution < -0.4 is 4.74 Å². The van der Waals surface area contributed by atoms with Gasteiger partial charge in [-0.25, -0.2) is 8.42 Å². The van der Waals surface area contributed by atoms with Crippen LogP contribution in [0.15, 0.2) is 59.5 Å². The molecule has 0 bridgehead atoms. The van der Waals surface area contributed by atoms with E-state index < -0.39 is 20.6 Å². The van der Waals surface area contributed by atoms with Crippen LogP contribution >= 0.6 is 0 Å². The molecule has 0 amide bonds. The van der Waals surface area contributed by atoms with Gasteiger partial charge in [0.2, 0.25) is 0 Å². The Hall–Kier alpha value is -2.82. The number of nitrogens with zero attached hydrogens (tertiary/aromatic N) is 1. The van der Waals surface area contributed by atoms with Gasteiger partial charge in [-0.05, 0) is 50.5 Å². The molecule has 1 aliphatic rings. The normalized spacial score (nSPS) is 15.9. The topological polar surface area (TPSA) is 72.9 Å². The molecule has 0 aromatic heterocycles. The highest BCUT2D eigenvalue weighted by Crippen LogP contribution is 2.38. The highest BCUT2D eigenvalue weighted by atomic mass is 32.2. The Morgan fingerprint density at radius 3 is 2.47 bits per heavy atom. The Morgan fingerprint density at radius 2 is 1.81 bits per heavy atom. The minimum atomic E-state index is -4.01. The van der Waals surface area contributed by atoms with Gasteiger partial charge in [0.25, 0.3) is 0 Å². The van der Waals surface area contributed by atoms with Crippen molar-refractivity contribution in [2.24, 2.45) is 0 Å². The molecule has 3 rings (SSSR count). The van der Waals surface area contributed by atoms with Crippen LogP contribution in [-0.2, 0) is 25.9 Å². The number of rotatable bonds is 8. The van der Waals surface area contributed by atoms with Crippen molar-refractivity contribution in [3.8, 4) is 17.6 Å². The van der Waals surface area contributed by atoms with Crippen LogP contribution in [0.5, 0.6) is 5.75 Å². The number of ether oxygens (including phenoxy) is 2. The SMILES string of the molecule is CC#CCOc1cccc(S(=O)(=O)C2(C(=O)OCC)CCN(Cc3ccccc3)CC2)c1. The number of likely N-dealkylation sites (tertiary alicyclic amines) is 1. The number of carbonyl (C=O) groups is 1. The van der Waals surface area contributed by atoms with Crippen molar-refractivity contribution in [1.82, 2.24) is 4.90 Å². The van der Waals surface area contributed by atoms with Crippen molar-refractivity contribution >= 4 is 15.8 Å². The maximum atomic E-state index is 13.8. The fourth-order valence-corrected chi connectivity index (χ4v) is 5.89. The number of hydrogen-bond donors (Lipinski definition) is 0. The van der Waals surface area contributed by atoms with E-state index in [1.165, 1.54) is 12.1 Å². The van der Waals surface area contributed by atoms with Crippen LogP contribution in [0.4, 0.5) is 0 Å². The number of benzene rings is 2. The Bertz CT molecular complexity index is 1080. The Kier molecular flexibility index (Phi) is 7.94. The molecule has 6 nitrogen and oxygen atoms in total. The summed E-state index contributed by atoms with van der Waals surface area (Å²) in [5.74, 6) is 5.24. The van der Waals surface area contributed by atoms with Crippen molar-refractivity contribution in [2.75, 3.05) is 26.3 Å². The maximum absolute atomic E-state index is 13.8. The zero-order valence-electron chi connectivity index (χ0n) is 18.5. The summed E-state index contributed by atoms with van der Waals surface area (Å²) in [5, 5.41) is 0. The van der Waals surface area contributed by atoms with Crippen molar-refractivity contribution in [3.05, 3.63) is 60.2 Å². The van der Waals surface area contributed by atoms with Gasteiger partial charge in [0.15, 0.2) is 14.6 Å². The van der Waals surface area contributed by atoms with E-state index in [4.69, 9.17) is 9.47 Å². The molecule has 0 aliphatic carbocycles. The molecule has 0 unspecified atom stereocenters. The number of piperidine rings is 1. The van der Waals surface area contributed by atoms with Crippen LogP contribution in [0.25, 0.3) is 0 Å². The molecule has 1 heterocycles. The van der Waals surface area contributed by atoms with Crippen molar-refractivity contribution in [1.29, 1.82) is 0 Å². The minimum Gasteiger partial charge on any atom is -0.481 e. The summed E-state index contributed by atoms with van der Waals surface area (Å²) < 4.78 is 36.7. The average molecular weight is 456 g/mol. The third kappa shape index (κ3) is 5.14. The zero-order valence-corrected chi connectivity index (χ0v) is 19.4. The number of carbonyl (C=O) groups excluding carboxylic acids is 1. The molecule has 0 atom stereocenters. The summed E-state index contributed by atoms with van der Waals surface area (Å²) in [6.07, 6.45) is 0.348. The van der Waals surface area contributed by atoms with Gasteiger partial charge in [-0.1, -0.05) is 42.3 Å². The van der Waals surface area contributed by atoms with E-state index in [0.717, 1.165) is 5.56 Å². The first kappa shape index (κ1) is 23.8. The molecule has 1 fully saturated rings. The third-order valence-electron chi connectivity index (χ3n) is 5.68. The molecule has 7 heteroatoms. The van der Waals surface area contributed by atoms with Crippen LogP contribution in [0.1, 0.15) is 32.3 Å². The van der Waals surface area contributed by atoms with Crippen LogP contribution in [-0.4, -0.2) is 50.3 Å². The molecule has 2 aromatic carbocycles. The quantitative estimate of drug-likeness (QED) is 0.448. The van der Waals surface area contributed by atoms with Crippen LogP contribution in [0.2, 0.25) is 0 Å². The fraction of sp³-hybridized carbons (Fsp3) is 0.400. The summed E-state index contributed by atoms with van der Waals surface area (Å²) in [5.41, 5.74) is 1.15. The molecule has 0 radical (unpaired) electrons. The lowest BCUT2D eigenvalue weighted by atomic mass is 9.95. The van der Waals surface area contributed by atoms with E-state index in [9.17, 15) is 13.2 Å². The minimum absolute atomic E-state index is 0.0593. The second-order valence-corrected chi connectivity index (χ2v) is 9.93. The number of esters is 1. The standard InChI is InChI=1S/C25H29NO5S/c1-3-5-18-31-22-12-9-13-23(19-22)32(28,29)25(24(27)30-4-2)14-16-26(17-15-25)20-21-10-7-6-8-11-21/h6-13,19H,4,14-18,20H2,1-2H3. The first-order valence-electron chi connectivity index (χ1n) is 10.7. The van der Waals surface area contributed by atoms with Gasteiger partial charge in [-0.2, -0.15) is 0 Å². The Morgan fingerprint density at radius 1 is 1.09 bits per heavy atom. The number of sulfone groups is 1. The number of hydrogen-bond acceptors (Lipinski definition) is 6. The summed E-state index contributed by atoms with van der Waals surface area (Å²) in [6, 6.07) is 16.3. The van der Waals surface area contributed by atoms with Gasteiger partial charge in [0.05, 0.1) is 11.5 Å². The van der Waals surface area contributed by atoms with Gasteiger partial charge in [0.1, 0.15) is 12.4 Å². The second kappa shape index (κ2) is 10.7. The van der Waals surface area contributed by atoms with E-state index in [1.54, 1.807) is 26.0 Å². The van der Waals surface area contributed by atoms with Crippen molar-refractivity contribution in [2.45, 2.75) is 42.9 Å². The van der Waals surface area contributed by atoms with Gasteiger partial charge in [-0.3, -0.25) is 9.69 Å². The Balaban J connectivity index is 1.86. The first-order chi connectivity index (χ1) is 15.4. The Labute approximate surface area is 190 Å². The van der Waals surface area contributed by atoms with E-state index in [2.05, 4.69) is 16.7 Å². The van der Waals surface area contributed by atoms with Gasteiger partial charge in [0, 0.05) is 19.6 Å². The zero-order chi connectivity index (χ0) is 23.0. The molecular weight excluding hydrogens is 426 g/mol. The molecule has 170 valence electrons. The summed E-state index contributed by atoms with van der Waals surface area (Å²) in [7, 11) is -4.01. The van der Waals surface area contributed by atoms with Crippen LogP contribution in [0, 0.1) is 11.8 Å². The molecular formula is C25H29NO5S. The van der Waals surface area contributed by atoms with Gasteiger partial charge in [-0.15, -0.1) is 5.92 Å². The fourth-order valence-electron chi connectivity index (χ4n) is 3.91. The molecule has 0 N–H and O–H groups in total. The monoisotopic (exact) mass is 455 g/mol. The summed E-state index contributed by atoms with van der Waals surface area (Å²) >= 11 is 0. The molecule has 1 aliphatic heterocycles. The second-order valence-electron chi connectivity index (χ2n) is 7.67. The maximum Gasteiger partial charge on any atom is 0.327 e. The summed E-state index contributed by atoms with van der Waals surface area (Å²) in [6.45, 7) is 5.36. The smallest absolute Gasteiger partial charge is 0.327 e. The first-order valence-corrected chi connectivity index (χ1v) is 12.2. The van der Waals surface area contributed by atoms with E-state index in [-0.39, 0.29) is 31.0 Å². The van der Waals surface area contributed by atoms with Gasteiger partial charge < -0.3 is 9.47 Å². The third-order valence-corrected chi connectivity index (χ3v) is 8.16. The predicted octanol–water partition coefficient (Wildman–Crippen LogP) is 3.46. The lowest BCUT2D eigenvalue weighted by Crippen LogP contribution is -2.54. The predicted molar refractivity (Wildman–Crippen MR) is 123 cm³/mol. The largest absolute Gasteiger partial charge is 0.481 e. The molecule has 2 aromatic rings. The highest BCUT2D eigenvalue weighted by Gasteiger charge is 2.54. The molecule has 1 saturated heterocycles. The van der Waals surface area contributed by atoms with E-state index in [1.807, 2.05) is 30.3 Å². The van der Waals surface area contributed by atoms with E-state index in [0.29, 0.717) is 25.4 Å². The lowest BCUT2D eigenvalue weighted by molar-refractivity contribution is -0.147. The molecule has 0 spiro atoms. The van der Waals surface area contributed by atoms with Crippen molar-refractivity contribution < 1.29 is 22.7 Å². The van der Waals surface area contributed by atoms with E-state index >= 15 is 0 Å². The van der Waals surface area contributed by atoms with Crippen LogP contribution in [0.3, 0.4) is 0 Å². The summed E-state index contributed by atoms with van der Waals surface area (Å²) in [4.78, 5) is 15.3. The average Bonchev–Trinajstić information content (AvgIpc) is 2.81. The van der Waals surface area contributed by atoms with Gasteiger partial charge >= 0.3 is 5.97 Å². The highest BCUT2D eigenvalue weighted by molar-refractivity contribution is 7.93. The van der Waals surface area contributed by atoms with Crippen molar-refractivity contribution in [3.63, 3.8) is 0 Å². The molecule has 0 saturated carbocycles. The molecule has 32 heavy (non-hydrogen) atoms. The lowest BCUT2D eigenvalue weighted by Gasteiger charge is -2.39.